The molecule has 2 aromatic rings. The van der Waals surface area contributed by atoms with Gasteiger partial charge in [0.1, 0.15) is 11.8 Å². The minimum absolute atomic E-state index is 0.0190. The van der Waals surface area contributed by atoms with Gasteiger partial charge < -0.3 is 15.0 Å². The molecule has 0 unspecified atom stereocenters. The average molecular weight is 391 g/mol. The molecule has 1 fully saturated rings. The van der Waals surface area contributed by atoms with Gasteiger partial charge in [0.25, 0.3) is 0 Å². The third-order valence-electron chi connectivity index (χ3n) is 4.08. The van der Waals surface area contributed by atoms with Crippen molar-refractivity contribution in [2.24, 2.45) is 0 Å². The van der Waals surface area contributed by atoms with Crippen LogP contribution in [-0.2, 0) is 4.74 Å². The summed E-state index contributed by atoms with van der Waals surface area (Å²) in [4.78, 5) is 25.6. The number of pyridine rings is 1. The van der Waals surface area contributed by atoms with Crippen LogP contribution in [0.4, 0.5) is 19.5 Å². The highest BCUT2D eigenvalue weighted by Crippen LogP contribution is 2.22. The maximum Gasteiger partial charge on any atom is 0.410 e. The molecule has 0 bridgehead atoms. The van der Waals surface area contributed by atoms with Crippen LogP contribution in [0.1, 0.15) is 27.2 Å². The van der Waals surface area contributed by atoms with E-state index in [1.165, 1.54) is 17.3 Å². The first kappa shape index (κ1) is 19.9. The Kier molecular flexibility index (Phi) is 5.71. The van der Waals surface area contributed by atoms with Crippen molar-refractivity contribution in [1.82, 2.24) is 19.9 Å². The van der Waals surface area contributed by atoms with Crippen LogP contribution in [0.25, 0.3) is 11.3 Å². The molecule has 150 valence electrons. The lowest BCUT2D eigenvalue weighted by Crippen LogP contribution is -2.51. The van der Waals surface area contributed by atoms with Crippen molar-refractivity contribution >= 4 is 12.0 Å². The molecule has 7 nitrogen and oxygen atoms in total. The van der Waals surface area contributed by atoms with Crippen LogP contribution in [0.3, 0.4) is 0 Å². The summed E-state index contributed by atoms with van der Waals surface area (Å²) < 4.78 is 33.4. The number of hydrogen-bond acceptors (Lipinski definition) is 6. The number of rotatable bonds is 3. The molecule has 1 amide bonds. The van der Waals surface area contributed by atoms with Crippen LogP contribution < -0.4 is 5.32 Å². The van der Waals surface area contributed by atoms with Gasteiger partial charge >= 0.3 is 6.09 Å². The zero-order valence-electron chi connectivity index (χ0n) is 16.0. The van der Waals surface area contributed by atoms with E-state index in [1.807, 2.05) is 0 Å². The second-order valence-electron chi connectivity index (χ2n) is 7.67. The van der Waals surface area contributed by atoms with Gasteiger partial charge in [0, 0.05) is 31.4 Å². The molecule has 0 aromatic carbocycles. The molecule has 0 spiro atoms. The van der Waals surface area contributed by atoms with Crippen LogP contribution in [0.2, 0.25) is 0 Å². The topological polar surface area (TPSA) is 80.2 Å². The maximum absolute atomic E-state index is 14.2. The number of hydrogen-bond donors (Lipinski definition) is 1. The first-order valence-electron chi connectivity index (χ1n) is 9.04. The molecule has 1 aliphatic heterocycles. The summed E-state index contributed by atoms with van der Waals surface area (Å²) in [5.74, 6) is -0.409. The molecular formula is C19H23F2N5O2. The number of nitrogens with one attached hydrogen (secondary N) is 1. The molecule has 0 aliphatic carbocycles. The predicted octanol–water partition coefficient (Wildman–Crippen LogP) is 3.44. The van der Waals surface area contributed by atoms with Crippen molar-refractivity contribution in [2.75, 3.05) is 18.4 Å². The first-order valence-corrected chi connectivity index (χ1v) is 9.04. The van der Waals surface area contributed by atoms with Gasteiger partial charge in [0.05, 0.1) is 17.8 Å². The Bertz CT molecular complexity index is 843. The van der Waals surface area contributed by atoms with Crippen molar-refractivity contribution in [3.05, 3.63) is 36.5 Å². The first-order chi connectivity index (χ1) is 13.2. The van der Waals surface area contributed by atoms with Gasteiger partial charge in [-0.1, -0.05) is 0 Å². The average Bonchev–Trinajstić information content (AvgIpc) is 2.60. The zero-order valence-corrected chi connectivity index (χ0v) is 16.0. The van der Waals surface area contributed by atoms with E-state index in [2.05, 4.69) is 20.3 Å². The maximum atomic E-state index is 14.2. The Morgan fingerprint density at radius 1 is 1.25 bits per heavy atom. The predicted molar refractivity (Wildman–Crippen MR) is 100.0 cm³/mol. The quantitative estimate of drug-likeness (QED) is 0.808. The van der Waals surface area contributed by atoms with E-state index in [0.29, 0.717) is 5.69 Å². The number of likely N-dealkylation sites (tertiary alicyclic amines) is 1. The monoisotopic (exact) mass is 391 g/mol. The molecule has 9 heteroatoms. The van der Waals surface area contributed by atoms with Crippen molar-refractivity contribution in [3.63, 3.8) is 0 Å². The highest BCUT2D eigenvalue weighted by Gasteiger charge is 2.33. The Hall–Kier alpha value is -2.84. The minimum atomic E-state index is -1.20. The fraction of sp³-hybridized carbons (Fsp3) is 0.474. The van der Waals surface area contributed by atoms with Crippen molar-refractivity contribution in [1.29, 1.82) is 0 Å². The summed E-state index contributed by atoms with van der Waals surface area (Å²) in [6.07, 6.45) is 1.28. The van der Waals surface area contributed by atoms with E-state index in [0.717, 1.165) is 0 Å². The highest BCUT2D eigenvalue weighted by molar-refractivity contribution is 5.68. The second-order valence-corrected chi connectivity index (χ2v) is 7.67. The lowest BCUT2D eigenvalue weighted by Gasteiger charge is -2.36. The Labute approximate surface area is 162 Å². The Morgan fingerprint density at radius 2 is 2.04 bits per heavy atom. The fourth-order valence-corrected chi connectivity index (χ4v) is 2.96. The molecule has 1 N–H and O–H groups in total. The van der Waals surface area contributed by atoms with Gasteiger partial charge in [-0.3, -0.25) is 0 Å². The summed E-state index contributed by atoms with van der Waals surface area (Å²) in [5.41, 5.74) is -0.0517. The number of halogens is 2. The van der Waals surface area contributed by atoms with Gasteiger partial charge in [-0.05, 0) is 39.0 Å². The third kappa shape index (κ3) is 5.11. The molecule has 1 saturated heterocycles. The highest BCUT2D eigenvalue weighted by atomic mass is 19.1. The van der Waals surface area contributed by atoms with Gasteiger partial charge in [0.15, 0.2) is 0 Å². The van der Waals surface area contributed by atoms with Crippen LogP contribution in [0.5, 0.6) is 0 Å². The smallest absolute Gasteiger partial charge is 0.410 e. The number of nitrogens with zero attached hydrogens (tertiary/aromatic N) is 4. The standard InChI is InChI=1S/C19H23F2N5O2/c1-19(2,3)28-18(27)26-10-12(20)9-13(11-26)24-17-23-8-6-15(25-17)14-5-4-7-22-16(14)21/h4-8,12-13H,9-11H2,1-3H3,(H,23,24,25)/t12-,13-/m0/s1. The minimum Gasteiger partial charge on any atom is -0.444 e. The lowest BCUT2D eigenvalue weighted by molar-refractivity contribution is 0.0124. The lowest BCUT2D eigenvalue weighted by atomic mass is 10.0. The van der Waals surface area contributed by atoms with E-state index in [1.54, 1.807) is 39.0 Å². The summed E-state index contributed by atoms with van der Waals surface area (Å²) in [6.45, 7) is 5.51. The second kappa shape index (κ2) is 8.04. The van der Waals surface area contributed by atoms with Crippen molar-refractivity contribution in [3.8, 4) is 11.3 Å². The molecule has 0 radical (unpaired) electrons. The number of ether oxygens (including phenoxy) is 1. The van der Waals surface area contributed by atoms with Crippen molar-refractivity contribution in [2.45, 2.75) is 45.0 Å². The van der Waals surface area contributed by atoms with E-state index in [4.69, 9.17) is 4.74 Å². The molecule has 1 aliphatic rings. The van der Waals surface area contributed by atoms with Crippen LogP contribution >= 0.6 is 0 Å². The van der Waals surface area contributed by atoms with Gasteiger partial charge in [-0.25, -0.2) is 24.1 Å². The van der Waals surface area contributed by atoms with E-state index in [-0.39, 0.29) is 31.0 Å². The Morgan fingerprint density at radius 3 is 2.75 bits per heavy atom. The zero-order chi connectivity index (χ0) is 20.3. The number of alkyl halides is 1. The van der Waals surface area contributed by atoms with Gasteiger partial charge in [-0.2, -0.15) is 4.39 Å². The van der Waals surface area contributed by atoms with Crippen LogP contribution in [0, 0.1) is 5.95 Å². The van der Waals surface area contributed by atoms with Gasteiger partial charge in [0.2, 0.25) is 11.9 Å². The fourth-order valence-electron chi connectivity index (χ4n) is 2.96. The number of piperidine rings is 1. The Balaban J connectivity index is 1.72. The number of aromatic nitrogens is 3. The van der Waals surface area contributed by atoms with Crippen molar-refractivity contribution < 1.29 is 18.3 Å². The molecule has 0 saturated carbocycles. The molecule has 3 heterocycles. The van der Waals surface area contributed by atoms with Crippen LogP contribution in [-0.4, -0.2) is 56.8 Å². The SMILES string of the molecule is CC(C)(C)OC(=O)N1C[C@@H](F)C[C@H](Nc2nccc(-c3cccnc3F)n2)C1. The molecule has 3 rings (SSSR count). The number of amides is 1. The summed E-state index contributed by atoms with van der Waals surface area (Å²) in [7, 11) is 0. The normalized spacial score (nSPS) is 20.0. The molecule has 2 aromatic heterocycles. The van der Waals surface area contributed by atoms with E-state index >= 15 is 0 Å². The summed E-state index contributed by atoms with van der Waals surface area (Å²) >= 11 is 0. The van der Waals surface area contributed by atoms with E-state index < -0.39 is 29.9 Å². The van der Waals surface area contributed by atoms with Gasteiger partial charge in [-0.15, -0.1) is 0 Å². The third-order valence-corrected chi connectivity index (χ3v) is 4.08. The largest absolute Gasteiger partial charge is 0.444 e. The summed E-state index contributed by atoms with van der Waals surface area (Å²) in [6, 6.07) is 4.35. The number of anilines is 1. The molecule has 2 atom stereocenters. The number of carbonyl (C=O) groups is 1. The molecular weight excluding hydrogens is 368 g/mol. The van der Waals surface area contributed by atoms with E-state index in [9.17, 15) is 13.6 Å². The molecule has 28 heavy (non-hydrogen) atoms. The van der Waals surface area contributed by atoms with Crippen LogP contribution in [0.15, 0.2) is 30.6 Å². The number of carbonyl (C=O) groups excluding carboxylic acids is 1. The summed E-state index contributed by atoms with van der Waals surface area (Å²) in [5, 5.41) is 3.03.